The fourth-order valence-electron chi connectivity index (χ4n) is 4.21. The van der Waals surface area contributed by atoms with Crippen LogP contribution < -0.4 is 0 Å². The first kappa shape index (κ1) is 17.6. The predicted molar refractivity (Wildman–Crippen MR) is 105 cm³/mol. The number of hydrogen-bond donors (Lipinski definition) is 1. The van der Waals surface area contributed by atoms with E-state index in [0.717, 1.165) is 24.0 Å². The molecule has 1 fully saturated rings. The van der Waals surface area contributed by atoms with Gasteiger partial charge in [0, 0.05) is 19.8 Å². The molecule has 4 heteroatoms. The average Bonchev–Trinajstić information content (AvgIpc) is 3.37. The van der Waals surface area contributed by atoms with Gasteiger partial charge < -0.3 is 14.6 Å². The van der Waals surface area contributed by atoms with E-state index >= 15 is 0 Å². The zero-order chi connectivity index (χ0) is 18.9. The van der Waals surface area contributed by atoms with Crippen molar-refractivity contribution in [2.45, 2.75) is 24.5 Å². The minimum Gasteiger partial charge on any atom is -0.378 e. The maximum Gasteiger partial charge on any atom is 0.270 e. The van der Waals surface area contributed by atoms with E-state index in [1.807, 2.05) is 95.5 Å². The quantitative estimate of drug-likeness (QED) is 0.773. The number of likely N-dealkylation sites (tertiary alicyclic amines) is 1. The molecule has 3 aromatic rings. The molecule has 1 N–H and O–H groups in total. The lowest BCUT2D eigenvalue weighted by Gasteiger charge is -2.40. The van der Waals surface area contributed by atoms with Crippen molar-refractivity contribution >= 4 is 5.91 Å². The summed E-state index contributed by atoms with van der Waals surface area (Å²) in [6, 6.07) is 22.8. The predicted octanol–water partition coefficient (Wildman–Crippen LogP) is 3.57. The number of benzene rings is 2. The molecule has 1 aliphatic heterocycles. The lowest BCUT2D eigenvalue weighted by molar-refractivity contribution is -0.00107. The molecule has 1 amide bonds. The van der Waals surface area contributed by atoms with Gasteiger partial charge in [-0.2, -0.15) is 0 Å². The van der Waals surface area contributed by atoms with Crippen LogP contribution in [-0.2, 0) is 12.6 Å². The van der Waals surface area contributed by atoms with Gasteiger partial charge in [0.1, 0.15) is 11.3 Å². The fraction of sp³-hybridized carbons (Fsp3) is 0.261. The molecule has 4 nitrogen and oxygen atoms in total. The van der Waals surface area contributed by atoms with Gasteiger partial charge in [0.2, 0.25) is 0 Å². The summed E-state index contributed by atoms with van der Waals surface area (Å²) in [5.74, 6) is -0.0321. The van der Waals surface area contributed by atoms with Crippen molar-refractivity contribution in [2.24, 2.45) is 7.05 Å². The number of amides is 1. The van der Waals surface area contributed by atoms with E-state index in [9.17, 15) is 9.90 Å². The van der Waals surface area contributed by atoms with Gasteiger partial charge in [-0.3, -0.25) is 4.79 Å². The first-order valence-corrected chi connectivity index (χ1v) is 9.38. The van der Waals surface area contributed by atoms with Crippen LogP contribution in [-0.4, -0.2) is 33.1 Å². The van der Waals surface area contributed by atoms with Gasteiger partial charge in [0.15, 0.2) is 0 Å². The summed E-state index contributed by atoms with van der Waals surface area (Å²) in [4.78, 5) is 15.1. The van der Waals surface area contributed by atoms with Crippen LogP contribution in [0.4, 0.5) is 0 Å². The minimum absolute atomic E-state index is 0.0321. The third kappa shape index (κ3) is 2.96. The van der Waals surface area contributed by atoms with E-state index in [1.165, 1.54) is 0 Å². The second kappa shape index (κ2) is 7.05. The van der Waals surface area contributed by atoms with Gasteiger partial charge in [-0.15, -0.1) is 0 Å². The number of carbonyl (C=O) groups excluding carboxylic acids is 1. The van der Waals surface area contributed by atoms with Gasteiger partial charge in [-0.25, -0.2) is 0 Å². The molecule has 2 aromatic carbocycles. The van der Waals surface area contributed by atoms with Gasteiger partial charge in [0.05, 0.1) is 6.04 Å². The molecule has 1 aromatic heterocycles. The monoisotopic (exact) mass is 360 g/mol. The topological polar surface area (TPSA) is 45.5 Å². The third-order valence-electron chi connectivity index (χ3n) is 5.59. The summed E-state index contributed by atoms with van der Waals surface area (Å²) < 4.78 is 1.84. The van der Waals surface area contributed by atoms with E-state index in [4.69, 9.17) is 0 Å². The highest BCUT2D eigenvalue weighted by Gasteiger charge is 2.47. The number of aliphatic hydroxyl groups is 1. The molecule has 1 saturated heterocycles. The third-order valence-corrected chi connectivity index (χ3v) is 5.59. The summed E-state index contributed by atoms with van der Waals surface area (Å²) >= 11 is 0. The summed E-state index contributed by atoms with van der Waals surface area (Å²) in [6.07, 6.45) is 3.51. The van der Waals surface area contributed by atoms with E-state index in [0.29, 0.717) is 12.2 Å². The van der Waals surface area contributed by atoms with Gasteiger partial charge in [-0.05, 0) is 36.1 Å². The van der Waals surface area contributed by atoms with E-state index in [-0.39, 0.29) is 11.9 Å². The minimum atomic E-state index is -1.25. The van der Waals surface area contributed by atoms with Gasteiger partial charge in [-0.1, -0.05) is 60.7 Å². The largest absolute Gasteiger partial charge is 0.378 e. The molecule has 2 heterocycles. The van der Waals surface area contributed by atoms with Crippen LogP contribution in [0.1, 0.15) is 34.5 Å². The Morgan fingerprint density at radius 1 is 0.963 bits per heavy atom. The number of nitrogens with zero attached hydrogens (tertiary/aromatic N) is 2. The summed E-state index contributed by atoms with van der Waals surface area (Å²) in [7, 11) is 1.87. The van der Waals surface area contributed by atoms with Crippen LogP contribution in [0.3, 0.4) is 0 Å². The number of aromatic nitrogens is 1. The Kier molecular flexibility index (Phi) is 4.58. The molecular formula is C23H24N2O2. The van der Waals surface area contributed by atoms with Crippen molar-refractivity contribution in [1.29, 1.82) is 0 Å². The molecule has 1 atom stereocenters. The van der Waals surface area contributed by atoms with Gasteiger partial charge in [0.25, 0.3) is 5.91 Å². The Morgan fingerprint density at radius 2 is 1.56 bits per heavy atom. The first-order chi connectivity index (χ1) is 13.1. The van der Waals surface area contributed by atoms with Crippen molar-refractivity contribution < 1.29 is 9.90 Å². The summed E-state index contributed by atoms with van der Waals surface area (Å²) in [6.45, 7) is 0.649. The van der Waals surface area contributed by atoms with Crippen molar-refractivity contribution in [3.8, 4) is 0 Å². The SMILES string of the molecule is Cn1cccc1C(=O)N1CCCC1C(O)(c1ccccc1)c1ccccc1. The van der Waals surface area contributed by atoms with Crippen LogP contribution in [0.5, 0.6) is 0 Å². The Morgan fingerprint density at radius 3 is 2.07 bits per heavy atom. The van der Waals surface area contributed by atoms with Crippen LogP contribution >= 0.6 is 0 Å². The normalized spacial score (nSPS) is 17.3. The summed E-state index contributed by atoms with van der Waals surface area (Å²) in [5.41, 5.74) is 1.02. The lowest BCUT2D eigenvalue weighted by atomic mass is 9.79. The van der Waals surface area contributed by atoms with Crippen molar-refractivity contribution in [1.82, 2.24) is 9.47 Å². The smallest absolute Gasteiger partial charge is 0.270 e. The van der Waals surface area contributed by atoms with Gasteiger partial charge >= 0.3 is 0 Å². The molecule has 0 spiro atoms. The van der Waals surface area contributed by atoms with Crippen molar-refractivity contribution in [3.05, 3.63) is 95.8 Å². The van der Waals surface area contributed by atoms with Crippen molar-refractivity contribution in [2.75, 3.05) is 6.54 Å². The Balaban J connectivity index is 1.80. The second-order valence-electron chi connectivity index (χ2n) is 7.16. The second-order valence-corrected chi connectivity index (χ2v) is 7.16. The molecular weight excluding hydrogens is 336 g/mol. The summed E-state index contributed by atoms with van der Waals surface area (Å²) in [5, 5.41) is 12.0. The number of aryl methyl sites for hydroxylation is 1. The lowest BCUT2D eigenvalue weighted by Crippen LogP contribution is -2.50. The van der Waals surface area contributed by atoms with Crippen LogP contribution in [0.25, 0.3) is 0 Å². The van der Waals surface area contributed by atoms with E-state index < -0.39 is 5.60 Å². The number of hydrogen-bond acceptors (Lipinski definition) is 2. The van der Waals surface area contributed by atoms with E-state index in [2.05, 4.69) is 0 Å². The molecule has 4 rings (SSSR count). The van der Waals surface area contributed by atoms with E-state index in [1.54, 1.807) is 0 Å². The van der Waals surface area contributed by atoms with Crippen LogP contribution in [0, 0.1) is 0 Å². The Hall–Kier alpha value is -2.85. The Labute approximate surface area is 159 Å². The zero-order valence-corrected chi connectivity index (χ0v) is 15.5. The molecule has 138 valence electrons. The fourth-order valence-corrected chi connectivity index (χ4v) is 4.21. The highest BCUT2D eigenvalue weighted by Crippen LogP contribution is 2.40. The maximum absolute atomic E-state index is 13.2. The van der Waals surface area contributed by atoms with Crippen molar-refractivity contribution in [3.63, 3.8) is 0 Å². The molecule has 1 unspecified atom stereocenters. The molecule has 0 radical (unpaired) electrons. The average molecular weight is 360 g/mol. The first-order valence-electron chi connectivity index (χ1n) is 9.38. The standard InChI is InChI=1S/C23H24N2O2/c1-24-16-8-14-20(24)22(26)25-17-9-15-21(25)23(27,18-10-4-2-5-11-18)19-12-6-3-7-13-19/h2-8,10-14,16,21,27H,9,15,17H2,1H3. The number of rotatable bonds is 4. The molecule has 0 bridgehead atoms. The molecule has 1 aliphatic rings. The zero-order valence-electron chi connectivity index (χ0n) is 15.5. The molecule has 0 aliphatic carbocycles. The highest BCUT2D eigenvalue weighted by molar-refractivity contribution is 5.93. The highest BCUT2D eigenvalue weighted by atomic mass is 16.3. The molecule has 0 saturated carbocycles. The molecule has 27 heavy (non-hydrogen) atoms. The van der Waals surface area contributed by atoms with Crippen LogP contribution in [0.2, 0.25) is 0 Å². The van der Waals surface area contributed by atoms with Crippen LogP contribution in [0.15, 0.2) is 79.0 Å². The number of carbonyl (C=O) groups is 1. The maximum atomic E-state index is 13.2. The Bertz CT molecular complexity index is 878.